The van der Waals surface area contributed by atoms with Gasteiger partial charge in [-0.2, -0.15) is 5.10 Å². The van der Waals surface area contributed by atoms with Crippen LogP contribution in [0.15, 0.2) is 127 Å². The molecule has 1 heterocycles. The van der Waals surface area contributed by atoms with E-state index in [1.165, 1.54) is 32.6 Å². The second kappa shape index (κ2) is 12.1. The molecule has 5 rings (SSSR count). The summed E-state index contributed by atoms with van der Waals surface area (Å²) in [6, 6.07) is 46.0. The van der Waals surface area contributed by atoms with E-state index < -0.39 is 7.92 Å². The molecule has 0 saturated carbocycles. The molecule has 4 heteroatoms. The van der Waals surface area contributed by atoms with Gasteiger partial charge < -0.3 is 0 Å². The van der Waals surface area contributed by atoms with Crippen LogP contribution in [0.5, 0.6) is 0 Å². The monoisotopic (exact) mass is 492 g/mol. The number of aromatic amines is 1. The van der Waals surface area contributed by atoms with Gasteiger partial charge in [0.15, 0.2) is 0 Å². The first kappa shape index (κ1) is 23.7. The molecule has 0 bridgehead atoms. The minimum atomic E-state index is -0.395. The number of aromatic nitrogens is 2. The molecule has 0 aliphatic heterocycles. The predicted octanol–water partition coefficient (Wildman–Crippen LogP) is 5.76. The van der Waals surface area contributed by atoms with E-state index in [2.05, 4.69) is 132 Å². The topological polar surface area (TPSA) is 28.7 Å². The van der Waals surface area contributed by atoms with Gasteiger partial charge in [0.2, 0.25) is 0 Å². The molecule has 1 N–H and O–H groups in total. The molecular weight excluding hydrogens is 462 g/mol. The fraction of sp³-hybridized carbons (Fsp3) is 0.129. The average molecular weight is 493 g/mol. The lowest BCUT2D eigenvalue weighted by molar-refractivity contribution is 0.940. The third kappa shape index (κ3) is 6.34. The number of H-pyrrole nitrogens is 1. The van der Waals surface area contributed by atoms with Gasteiger partial charge in [-0.1, -0.05) is 121 Å². The number of hydrogen-bond donors (Lipinski definition) is 1. The van der Waals surface area contributed by atoms with Crippen molar-refractivity contribution in [1.29, 1.82) is 0 Å². The average Bonchev–Trinajstić information content (AvgIpc) is 3.39. The smallest absolute Gasteiger partial charge is 0.0628 e. The molecule has 35 heavy (non-hydrogen) atoms. The summed E-state index contributed by atoms with van der Waals surface area (Å²) in [5, 5.41) is 13.8. The number of nitrogens with one attached hydrogen (secondary N) is 1. The van der Waals surface area contributed by atoms with Gasteiger partial charge in [0.1, 0.15) is 0 Å². The van der Waals surface area contributed by atoms with Crippen molar-refractivity contribution in [2.45, 2.75) is 12.8 Å². The van der Waals surface area contributed by atoms with Crippen LogP contribution in [0.25, 0.3) is 0 Å². The summed E-state index contributed by atoms with van der Waals surface area (Å²) >= 11 is 0. The van der Waals surface area contributed by atoms with Crippen molar-refractivity contribution in [2.24, 2.45) is 0 Å². The second-order valence-corrected chi connectivity index (χ2v) is 13.2. The van der Waals surface area contributed by atoms with Crippen molar-refractivity contribution in [3.8, 4) is 0 Å². The van der Waals surface area contributed by atoms with Crippen LogP contribution in [0, 0.1) is 0 Å². The summed E-state index contributed by atoms with van der Waals surface area (Å²) in [4.78, 5) is 0. The van der Waals surface area contributed by atoms with E-state index in [0.29, 0.717) is 0 Å². The van der Waals surface area contributed by atoms with Crippen molar-refractivity contribution in [1.82, 2.24) is 10.2 Å². The molecule has 0 fully saturated rings. The Kier molecular flexibility index (Phi) is 8.17. The fourth-order valence-corrected chi connectivity index (χ4v) is 9.04. The number of nitrogens with zero attached hydrogens (tertiary/aromatic N) is 1. The largest absolute Gasteiger partial charge is 0.282 e. The highest BCUT2D eigenvalue weighted by Crippen LogP contribution is 2.35. The Morgan fingerprint density at radius 1 is 0.486 bits per heavy atom. The molecular formula is C31H30N2P2. The molecule has 0 aliphatic carbocycles. The third-order valence-corrected chi connectivity index (χ3v) is 11.2. The third-order valence-electron chi connectivity index (χ3n) is 6.15. The van der Waals surface area contributed by atoms with Crippen LogP contribution in [-0.4, -0.2) is 22.5 Å². The van der Waals surface area contributed by atoms with Crippen LogP contribution in [-0.2, 0) is 12.8 Å². The fourth-order valence-electron chi connectivity index (χ4n) is 4.37. The van der Waals surface area contributed by atoms with E-state index in [9.17, 15) is 0 Å². The van der Waals surface area contributed by atoms with Crippen LogP contribution in [0.2, 0.25) is 0 Å². The Morgan fingerprint density at radius 2 is 0.857 bits per heavy atom. The predicted molar refractivity (Wildman–Crippen MR) is 154 cm³/mol. The summed E-state index contributed by atoms with van der Waals surface area (Å²) in [5.41, 5.74) is 2.41. The maximum Gasteiger partial charge on any atom is 0.0628 e. The maximum absolute atomic E-state index is 4.69. The highest BCUT2D eigenvalue weighted by molar-refractivity contribution is 7.73. The quantitative estimate of drug-likeness (QED) is 0.247. The molecule has 174 valence electrons. The van der Waals surface area contributed by atoms with Crippen molar-refractivity contribution >= 4 is 37.1 Å². The standard InChI is InChI=1S/C31H30N2P2/c1-5-13-28(14-6-1)34(29-15-7-2-8-16-29)23-21-26-25-27(33-32-26)22-24-35(30-17-9-3-10-18-30)31-19-11-4-12-20-31/h1-20,25H,21-24H2,(H,32,33). The number of rotatable bonds is 10. The molecule has 5 aromatic rings. The molecule has 4 aromatic carbocycles. The highest BCUT2D eigenvalue weighted by atomic mass is 31.1. The zero-order valence-electron chi connectivity index (χ0n) is 19.8. The molecule has 0 radical (unpaired) electrons. The first-order chi connectivity index (χ1) is 17.4. The van der Waals surface area contributed by atoms with E-state index in [1.807, 2.05) is 0 Å². The van der Waals surface area contributed by atoms with Crippen molar-refractivity contribution < 1.29 is 0 Å². The van der Waals surface area contributed by atoms with Gasteiger partial charge >= 0.3 is 0 Å². The first-order valence-electron chi connectivity index (χ1n) is 12.2. The van der Waals surface area contributed by atoms with E-state index in [-0.39, 0.29) is 7.92 Å². The number of benzene rings is 4. The molecule has 0 saturated heterocycles. The maximum atomic E-state index is 4.69. The van der Waals surface area contributed by atoms with E-state index >= 15 is 0 Å². The molecule has 0 spiro atoms. The van der Waals surface area contributed by atoms with E-state index in [4.69, 9.17) is 5.10 Å². The van der Waals surface area contributed by atoms with Crippen molar-refractivity contribution in [3.05, 3.63) is 139 Å². The lowest BCUT2D eigenvalue weighted by Crippen LogP contribution is -2.15. The Hall–Kier alpha value is -3.05. The molecule has 2 nitrogen and oxygen atoms in total. The Labute approximate surface area is 211 Å². The molecule has 0 amide bonds. The van der Waals surface area contributed by atoms with Gasteiger partial charge in [-0.05, 0) is 68.3 Å². The van der Waals surface area contributed by atoms with Crippen LogP contribution >= 0.6 is 15.8 Å². The Morgan fingerprint density at radius 3 is 1.26 bits per heavy atom. The summed E-state index contributed by atoms with van der Waals surface area (Å²) in [6.07, 6.45) is 4.22. The van der Waals surface area contributed by atoms with Gasteiger partial charge in [-0.3, -0.25) is 5.10 Å². The minimum absolute atomic E-state index is 0.389. The van der Waals surface area contributed by atoms with Crippen molar-refractivity contribution in [3.63, 3.8) is 0 Å². The summed E-state index contributed by atoms with van der Waals surface area (Å²) in [5.74, 6) is 0. The zero-order valence-corrected chi connectivity index (χ0v) is 21.6. The van der Waals surface area contributed by atoms with Crippen LogP contribution in [0.1, 0.15) is 11.4 Å². The molecule has 0 atom stereocenters. The molecule has 1 aromatic heterocycles. The Bertz CT molecular complexity index is 1110. The summed E-state index contributed by atoms with van der Waals surface area (Å²) < 4.78 is 0. The second-order valence-electron chi connectivity index (χ2n) is 8.53. The normalized spacial score (nSPS) is 11.3. The van der Waals surface area contributed by atoms with Crippen LogP contribution < -0.4 is 21.2 Å². The summed E-state index contributed by atoms with van der Waals surface area (Å²) in [6.45, 7) is 0. The van der Waals surface area contributed by atoms with Crippen LogP contribution in [0.4, 0.5) is 0 Å². The van der Waals surface area contributed by atoms with Gasteiger partial charge in [-0.25, -0.2) is 0 Å². The van der Waals surface area contributed by atoms with E-state index in [1.54, 1.807) is 0 Å². The first-order valence-corrected chi connectivity index (χ1v) is 15.2. The van der Waals surface area contributed by atoms with Gasteiger partial charge in [0.05, 0.1) is 5.69 Å². The van der Waals surface area contributed by atoms with Gasteiger partial charge in [0.25, 0.3) is 0 Å². The lowest BCUT2D eigenvalue weighted by atomic mass is 10.3. The van der Waals surface area contributed by atoms with Gasteiger partial charge in [-0.15, -0.1) is 0 Å². The van der Waals surface area contributed by atoms with Crippen molar-refractivity contribution in [2.75, 3.05) is 12.3 Å². The lowest BCUT2D eigenvalue weighted by Gasteiger charge is -2.18. The molecule has 0 aliphatic rings. The summed E-state index contributed by atoms with van der Waals surface area (Å²) in [7, 11) is -0.783. The zero-order chi connectivity index (χ0) is 23.7. The number of aryl methyl sites for hydroxylation is 2. The minimum Gasteiger partial charge on any atom is -0.282 e. The Balaban J connectivity index is 1.26. The number of hydrogen-bond acceptors (Lipinski definition) is 1. The van der Waals surface area contributed by atoms with Gasteiger partial charge in [0, 0.05) is 5.69 Å². The molecule has 0 unspecified atom stereocenters. The SMILES string of the molecule is c1ccc(P(CCc2cc(CCP(c3ccccc3)c3ccccc3)[nH]n2)c2ccccc2)cc1. The van der Waals surface area contributed by atoms with Crippen LogP contribution in [0.3, 0.4) is 0 Å². The van der Waals surface area contributed by atoms with E-state index in [0.717, 1.165) is 25.2 Å². The highest BCUT2D eigenvalue weighted by Gasteiger charge is 2.16.